The van der Waals surface area contributed by atoms with Crippen LogP contribution in [0, 0.1) is 5.92 Å². The van der Waals surface area contributed by atoms with Gasteiger partial charge in [0.2, 0.25) is 5.91 Å². The zero-order valence-electron chi connectivity index (χ0n) is 13.6. The summed E-state index contributed by atoms with van der Waals surface area (Å²) in [7, 11) is 0. The molecule has 1 saturated carbocycles. The summed E-state index contributed by atoms with van der Waals surface area (Å²) < 4.78 is 5.30. The standard InChI is InChI=1S/C15H24N2O5/c1-14(2,3)22-13(21)16-7-8-17(11(18)10-5-6-10)15(4,9-16)12(19)20/h10H,5-9H2,1-4H3,(H,19,20). The second kappa shape index (κ2) is 5.44. The summed E-state index contributed by atoms with van der Waals surface area (Å²) in [5.41, 5.74) is -2.05. The molecule has 1 saturated heterocycles. The van der Waals surface area contributed by atoms with E-state index in [1.165, 1.54) is 16.7 Å². The summed E-state index contributed by atoms with van der Waals surface area (Å²) in [6, 6.07) is 0. The first-order valence-corrected chi connectivity index (χ1v) is 7.57. The van der Waals surface area contributed by atoms with Gasteiger partial charge in [0.1, 0.15) is 5.60 Å². The average molecular weight is 312 g/mol. The zero-order valence-corrected chi connectivity index (χ0v) is 13.6. The molecule has 1 unspecified atom stereocenters. The predicted octanol–water partition coefficient (Wildman–Crippen LogP) is 1.32. The maximum atomic E-state index is 12.3. The zero-order chi connectivity index (χ0) is 16.7. The van der Waals surface area contributed by atoms with Gasteiger partial charge in [0.15, 0.2) is 5.54 Å². The Morgan fingerprint density at radius 2 is 1.77 bits per heavy atom. The van der Waals surface area contributed by atoms with Crippen molar-refractivity contribution in [3.63, 3.8) is 0 Å². The fraction of sp³-hybridized carbons (Fsp3) is 0.800. The molecule has 2 fully saturated rings. The molecular formula is C15H24N2O5. The van der Waals surface area contributed by atoms with Crippen LogP contribution >= 0.6 is 0 Å². The van der Waals surface area contributed by atoms with Crippen LogP contribution in [0.5, 0.6) is 0 Å². The second-order valence-electron chi connectivity index (χ2n) is 7.25. The van der Waals surface area contributed by atoms with Gasteiger partial charge in [-0.3, -0.25) is 4.79 Å². The number of nitrogens with zero attached hydrogens (tertiary/aromatic N) is 2. The van der Waals surface area contributed by atoms with Crippen molar-refractivity contribution in [2.24, 2.45) is 5.92 Å². The first-order valence-electron chi connectivity index (χ1n) is 7.57. The first kappa shape index (κ1) is 16.6. The molecule has 0 aromatic carbocycles. The molecule has 7 heteroatoms. The van der Waals surface area contributed by atoms with Crippen molar-refractivity contribution < 1.29 is 24.2 Å². The van der Waals surface area contributed by atoms with Crippen molar-refractivity contribution in [3.8, 4) is 0 Å². The fourth-order valence-corrected chi connectivity index (χ4v) is 2.57. The van der Waals surface area contributed by atoms with E-state index in [1.54, 1.807) is 20.8 Å². The van der Waals surface area contributed by atoms with Gasteiger partial charge < -0.3 is 19.6 Å². The van der Waals surface area contributed by atoms with Gasteiger partial charge in [-0.1, -0.05) is 0 Å². The largest absolute Gasteiger partial charge is 0.479 e. The first-order chi connectivity index (χ1) is 10.0. The van der Waals surface area contributed by atoms with Crippen molar-refractivity contribution in [2.45, 2.75) is 51.7 Å². The minimum absolute atomic E-state index is 0.0493. The van der Waals surface area contributed by atoms with E-state index in [4.69, 9.17) is 4.74 Å². The Balaban J connectivity index is 2.14. The van der Waals surface area contributed by atoms with Gasteiger partial charge in [0.25, 0.3) is 0 Å². The van der Waals surface area contributed by atoms with Crippen LogP contribution in [0.4, 0.5) is 4.79 Å². The molecule has 1 aliphatic heterocycles. The number of carbonyl (C=O) groups excluding carboxylic acids is 2. The summed E-state index contributed by atoms with van der Waals surface area (Å²) >= 11 is 0. The molecule has 0 spiro atoms. The number of amides is 2. The smallest absolute Gasteiger partial charge is 0.410 e. The molecule has 0 aromatic heterocycles. The number of piperazine rings is 1. The van der Waals surface area contributed by atoms with E-state index in [-0.39, 0.29) is 31.5 Å². The van der Waals surface area contributed by atoms with Gasteiger partial charge in [-0.05, 0) is 40.5 Å². The van der Waals surface area contributed by atoms with E-state index in [2.05, 4.69) is 0 Å². The van der Waals surface area contributed by atoms with Gasteiger partial charge in [0, 0.05) is 19.0 Å². The maximum absolute atomic E-state index is 12.3. The van der Waals surface area contributed by atoms with Crippen LogP contribution < -0.4 is 0 Å². The molecular weight excluding hydrogens is 288 g/mol. The quantitative estimate of drug-likeness (QED) is 0.831. The molecule has 0 radical (unpaired) electrons. The highest BCUT2D eigenvalue weighted by Crippen LogP contribution is 2.35. The van der Waals surface area contributed by atoms with E-state index in [0.717, 1.165) is 12.8 Å². The number of carboxylic acids is 1. The van der Waals surface area contributed by atoms with E-state index in [9.17, 15) is 19.5 Å². The number of hydrogen-bond acceptors (Lipinski definition) is 4. The Bertz CT molecular complexity index is 495. The van der Waals surface area contributed by atoms with Crippen LogP contribution in [-0.2, 0) is 14.3 Å². The molecule has 7 nitrogen and oxygen atoms in total. The maximum Gasteiger partial charge on any atom is 0.410 e. The summed E-state index contributed by atoms with van der Waals surface area (Å²) in [6.07, 6.45) is 1.10. The van der Waals surface area contributed by atoms with Crippen LogP contribution in [-0.4, -0.2) is 63.7 Å². The Morgan fingerprint density at radius 3 is 2.23 bits per heavy atom. The predicted molar refractivity (Wildman–Crippen MR) is 78.3 cm³/mol. The third kappa shape index (κ3) is 3.34. The van der Waals surface area contributed by atoms with Crippen LogP contribution in [0.15, 0.2) is 0 Å². The summed E-state index contributed by atoms with van der Waals surface area (Å²) in [4.78, 5) is 39.0. The van der Waals surface area contributed by atoms with Crippen LogP contribution in [0.2, 0.25) is 0 Å². The molecule has 1 heterocycles. The normalized spacial score (nSPS) is 25.8. The lowest BCUT2D eigenvalue weighted by Gasteiger charge is -2.46. The third-order valence-corrected chi connectivity index (χ3v) is 3.99. The molecule has 1 atom stereocenters. The minimum atomic E-state index is -1.41. The molecule has 1 aliphatic carbocycles. The van der Waals surface area contributed by atoms with Crippen LogP contribution in [0.1, 0.15) is 40.5 Å². The van der Waals surface area contributed by atoms with Crippen molar-refractivity contribution in [1.29, 1.82) is 0 Å². The van der Waals surface area contributed by atoms with Gasteiger partial charge >= 0.3 is 12.1 Å². The summed E-state index contributed by atoms with van der Waals surface area (Å²) in [5, 5.41) is 9.58. The van der Waals surface area contributed by atoms with Crippen molar-refractivity contribution in [1.82, 2.24) is 9.80 Å². The van der Waals surface area contributed by atoms with E-state index < -0.39 is 23.2 Å². The lowest BCUT2D eigenvalue weighted by molar-refractivity contribution is -0.163. The average Bonchev–Trinajstić information content (AvgIpc) is 3.19. The number of aliphatic carboxylic acids is 1. The number of carbonyl (C=O) groups is 3. The van der Waals surface area contributed by atoms with Crippen LogP contribution in [0.25, 0.3) is 0 Å². The number of hydrogen-bond donors (Lipinski definition) is 1. The van der Waals surface area contributed by atoms with Gasteiger partial charge in [-0.25, -0.2) is 9.59 Å². The minimum Gasteiger partial charge on any atom is -0.479 e. The molecule has 2 aliphatic rings. The molecule has 124 valence electrons. The number of ether oxygens (including phenoxy) is 1. The van der Waals surface area contributed by atoms with Gasteiger partial charge in [0.05, 0.1) is 6.54 Å². The molecule has 2 amide bonds. The molecule has 1 N–H and O–H groups in total. The second-order valence-corrected chi connectivity index (χ2v) is 7.25. The topological polar surface area (TPSA) is 87.2 Å². The summed E-state index contributed by atoms with van der Waals surface area (Å²) in [6.45, 7) is 7.21. The SMILES string of the molecule is CC(C)(C)OC(=O)N1CCN(C(=O)C2CC2)C(C)(C(=O)O)C1. The Labute approximate surface area is 130 Å². The Morgan fingerprint density at radius 1 is 1.18 bits per heavy atom. The fourth-order valence-electron chi connectivity index (χ4n) is 2.57. The van der Waals surface area contributed by atoms with Gasteiger partial charge in [-0.15, -0.1) is 0 Å². The van der Waals surface area contributed by atoms with E-state index in [0.29, 0.717) is 0 Å². The monoisotopic (exact) mass is 312 g/mol. The van der Waals surface area contributed by atoms with Crippen LogP contribution in [0.3, 0.4) is 0 Å². The molecule has 2 rings (SSSR count). The summed E-state index contributed by atoms with van der Waals surface area (Å²) in [5.74, 6) is -1.27. The number of rotatable bonds is 2. The van der Waals surface area contributed by atoms with Crippen molar-refractivity contribution in [2.75, 3.05) is 19.6 Å². The van der Waals surface area contributed by atoms with E-state index in [1.807, 2.05) is 0 Å². The molecule has 22 heavy (non-hydrogen) atoms. The lowest BCUT2D eigenvalue weighted by atomic mass is 9.95. The van der Waals surface area contributed by atoms with Crippen molar-refractivity contribution >= 4 is 18.0 Å². The third-order valence-electron chi connectivity index (χ3n) is 3.99. The Kier molecular flexibility index (Phi) is 4.10. The molecule has 0 aromatic rings. The Hall–Kier alpha value is -1.79. The highest BCUT2D eigenvalue weighted by Gasteiger charge is 2.50. The van der Waals surface area contributed by atoms with E-state index >= 15 is 0 Å². The molecule has 0 bridgehead atoms. The highest BCUT2D eigenvalue weighted by molar-refractivity contribution is 5.90. The van der Waals surface area contributed by atoms with Crippen molar-refractivity contribution in [3.05, 3.63) is 0 Å². The highest BCUT2D eigenvalue weighted by atomic mass is 16.6. The number of carboxylic acid groups (broad SMARTS) is 1. The lowest BCUT2D eigenvalue weighted by Crippen LogP contribution is -2.67. The van der Waals surface area contributed by atoms with Gasteiger partial charge in [-0.2, -0.15) is 0 Å².